The molecule has 0 unspecified atom stereocenters. The fourth-order valence-corrected chi connectivity index (χ4v) is 5.14. The van der Waals surface area contributed by atoms with Crippen molar-refractivity contribution in [2.24, 2.45) is 0 Å². The first kappa shape index (κ1) is 25.4. The number of hydrogen-bond acceptors (Lipinski definition) is 8. The molecule has 38 heavy (non-hydrogen) atoms. The van der Waals surface area contributed by atoms with Crippen molar-refractivity contribution in [3.63, 3.8) is 0 Å². The Bertz CT molecular complexity index is 1610. The zero-order chi connectivity index (χ0) is 26.9. The van der Waals surface area contributed by atoms with E-state index in [0.29, 0.717) is 49.3 Å². The van der Waals surface area contributed by atoms with Gasteiger partial charge >= 0.3 is 0 Å². The minimum absolute atomic E-state index is 0.287. The minimum atomic E-state index is -3.21. The predicted molar refractivity (Wildman–Crippen MR) is 149 cm³/mol. The van der Waals surface area contributed by atoms with E-state index in [1.165, 1.54) is 16.6 Å². The van der Waals surface area contributed by atoms with Crippen LogP contribution in [0.2, 0.25) is 0 Å². The van der Waals surface area contributed by atoms with Crippen LogP contribution in [-0.4, -0.2) is 71.2 Å². The second kappa shape index (κ2) is 10.2. The van der Waals surface area contributed by atoms with Crippen molar-refractivity contribution in [1.29, 1.82) is 0 Å². The molecule has 3 heterocycles. The number of aryl methyl sites for hydroxylation is 1. The minimum Gasteiger partial charge on any atom is -0.369 e. The van der Waals surface area contributed by atoms with Gasteiger partial charge in [-0.05, 0) is 55.5 Å². The number of anilines is 4. The molecule has 0 atom stereocenters. The highest BCUT2D eigenvalue weighted by atomic mass is 32.2. The van der Waals surface area contributed by atoms with Crippen molar-refractivity contribution in [3.05, 3.63) is 66.9 Å². The second-order valence-electron chi connectivity index (χ2n) is 9.08. The summed E-state index contributed by atoms with van der Waals surface area (Å²) < 4.78 is 25.3. The Morgan fingerprint density at radius 2 is 1.79 bits per heavy atom. The zero-order valence-corrected chi connectivity index (χ0v) is 21.9. The summed E-state index contributed by atoms with van der Waals surface area (Å²) in [5, 5.41) is 14.1. The third-order valence-corrected chi connectivity index (χ3v) is 7.60. The fraction of sp³-hybridized carbons (Fsp3) is 0.231. The number of carbonyl (C=O) groups is 1. The third-order valence-electron chi connectivity index (χ3n) is 6.30. The van der Waals surface area contributed by atoms with E-state index < -0.39 is 10.0 Å². The van der Waals surface area contributed by atoms with Crippen LogP contribution in [0.5, 0.6) is 0 Å². The summed E-state index contributed by atoms with van der Waals surface area (Å²) in [4.78, 5) is 23.4. The van der Waals surface area contributed by atoms with E-state index in [0.717, 1.165) is 27.8 Å². The third kappa shape index (κ3) is 5.50. The van der Waals surface area contributed by atoms with Gasteiger partial charge in [-0.1, -0.05) is 6.58 Å². The number of aromatic amines is 1. The number of H-pyrrole nitrogens is 1. The Labute approximate surface area is 220 Å². The summed E-state index contributed by atoms with van der Waals surface area (Å²) in [7, 11) is -3.21. The highest BCUT2D eigenvalue weighted by Crippen LogP contribution is 2.31. The molecule has 0 saturated carbocycles. The molecule has 5 rings (SSSR count). The lowest BCUT2D eigenvalue weighted by atomic mass is 10.1. The van der Waals surface area contributed by atoms with E-state index in [1.807, 2.05) is 43.3 Å². The zero-order valence-electron chi connectivity index (χ0n) is 21.1. The number of hydrogen-bond donors (Lipinski definition) is 3. The summed E-state index contributed by atoms with van der Waals surface area (Å²) in [6.45, 7) is 7.45. The fourth-order valence-electron chi connectivity index (χ4n) is 4.32. The molecule has 0 aliphatic carbocycles. The second-order valence-corrected chi connectivity index (χ2v) is 11.1. The topological polar surface area (TPSA) is 136 Å². The quantitative estimate of drug-likeness (QED) is 0.309. The van der Waals surface area contributed by atoms with Gasteiger partial charge < -0.3 is 15.5 Å². The van der Waals surface area contributed by atoms with Crippen LogP contribution in [0.25, 0.3) is 22.3 Å². The average molecular weight is 533 g/mol. The molecule has 11 nitrogen and oxygen atoms in total. The van der Waals surface area contributed by atoms with Gasteiger partial charge in [0.25, 0.3) is 0 Å². The van der Waals surface area contributed by atoms with Gasteiger partial charge in [0, 0.05) is 60.3 Å². The van der Waals surface area contributed by atoms with Gasteiger partial charge in [0.15, 0.2) is 11.6 Å². The van der Waals surface area contributed by atoms with Crippen LogP contribution in [0.3, 0.4) is 0 Å². The van der Waals surface area contributed by atoms with Crippen molar-refractivity contribution in [2.45, 2.75) is 6.92 Å². The first-order chi connectivity index (χ1) is 18.2. The molecule has 0 radical (unpaired) electrons. The molecule has 2 aromatic heterocycles. The highest BCUT2D eigenvalue weighted by molar-refractivity contribution is 7.88. The van der Waals surface area contributed by atoms with E-state index in [9.17, 15) is 13.2 Å². The van der Waals surface area contributed by atoms with Gasteiger partial charge in [-0.25, -0.2) is 18.4 Å². The molecule has 12 heteroatoms. The highest BCUT2D eigenvalue weighted by Gasteiger charge is 2.24. The van der Waals surface area contributed by atoms with Crippen LogP contribution in [0.15, 0.2) is 61.2 Å². The maximum atomic E-state index is 11.9. The number of sulfonamides is 1. The lowest BCUT2D eigenvalue weighted by Gasteiger charge is -2.34. The summed E-state index contributed by atoms with van der Waals surface area (Å²) in [5.41, 5.74) is 4.02. The number of carbonyl (C=O) groups excluding carboxylic acids is 1. The lowest BCUT2D eigenvalue weighted by molar-refractivity contribution is -0.111. The Kier molecular flexibility index (Phi) is 6.83. The molecular formula is C26H28N8O3S. The average Bonchev–Trinajstić information content (AvgIpc) is 3.32. The van der Waals surface area contributed by atoms with E-state index in [1.54, 1.807) is 12.1 Å². The summed E-state index contributed by atoms with van der Waals surface area (Å²) in [6.07, 6.45) is 2.46. The van der Waals surface area contributed by atoms with Crippen LogP contribution in [0.4, 0.5) is 23.0 Å². The SMILES string of the molecule is C=CC(=O)Nc1ccc(-c2nc(Nc3cc(C)[nH]n3)c3ccc(N4CCN(S(C)(=O)=O)CC4)cc3n2)cc1. The molecule has 1 aliphatic rings. The van der Waals surface area contributed by atoms with Gasteiger partial charge in [0.1, 0.15) is 5.82 Å². The van der Waals surface area contributed by atoms with Crippen molar-refractivity contribution >= 4 is 49.8 Å². The number of piperazine rings is 1. The molecule has 1 saturated heterocycles. The van der Waals surface area contributed by atoms with Crippen molar-refractivity contribution in [3.8, 4) is 11.4 Å². The molecule has 1 fully saturated rings. The number of nitrogens with one attached hydrogen (secondary N) is 3. The van der Waals surface area contributed by atoms with Crippen LogP contribution in [-0.2, 0) is 14.8 Å². The van der Waals surface area contributed by atoms with E-state index in [-0.39, 0.29) is 5.91 Å². The van der Waals surface area contributed by atoms with Crippen LogP contribution < -0.4 is 15.5 Å². The maximum Gasteiger partial charge on any atom is 0.247 e. The van der Waals surface area contributed by atoms with Gasteiger partial charge in [-0.3, -0.25) is 9.89 Å². The van der Waals surface area contributed by atoms with Crippen molar-refractivity contribution < 1.29 is 13.2 Å². The molecule has 196 valence electrons. The summed E-state index contributed by atoms with van der Waals surface area (Å²) in [5.74, 6) is 1.46. The van der Waals surface area contributed by atoms with Crippen molar-refractivity contribution in [1.82, 2.24) is 24.5 Å². The van der Waals surface area contributed by atoms with Crippen LogP contribution >= 0.6 is 0 Å². The lowest BCUT2D eigenvalue weighted by Crippen LogP contribution is -2.48. The monoisotopic (exact) mass is 532 g/mol. The summed E-state index contributed by atoms with van der Waals surface area (Å²) in [6, 6.07) is 15.1. The normalized spacial score (nSPS) is 14.4. The largest absolute Gasteiger partial charge is 0.369 e. The van der Waals surface area contributed by atoms with Gasteiger partial charge in [0.2, 0.25) is 15.9 Å². The van der Waals surface area contributed by atoms with E-state index in [2.05, 4.69) is 32.3 Å². The first-order valence-corrected chi connectivity index (χ1v) is 13.9. The molecule has 0 bridgehead atoms. The number of rotatable bonds is 7. The molecule has 0 spiro atoms. The van der Waals surface area contributed by atoms with Gasteiger partial charge in [0.05, 0.1) is 11.8 Å². The number of nitrogens with zero attached hydrogens (tertiary/aromatic N) is 5. The van der Waals surface area contributed by atoms with Crippen molar-refractivity contribution in [2.75, 3.05) is 48.0 Å². The number of fused-ring (bicyclic) bond motifs is 1. The van der Waals surface area contributed by atoms with Crippen LogP contribution in [0.1, 0.15) is 5.69 Å². The maximum absolute atomic E-state index is 11.9. The molecular weight excluding hydrogens is 504 g/mol. The Morgan fingerprint density at radius 1 is 1.05 bits per heavy atom. The van der Waals surface area contributed by atoms with Crippen LogP contribution in [0, 0.1) is 6.92 Å². The number of aromatic nitrogens is 4. The van der Waals surface area contributed by atoms with Gasteiger partial charge in [-0.2, -0.15) is 9.40 Å². The molecule has 2 aromatic carbocycles. The Morgan fingerprint density at radius 3 is 2.42 bits per heavy atom. The smallest absolute Gasteiger partial charge is 0.247 e. The molecule has 4 aromatic rings. The van der Waals surface area contributed by atoms with E-state index >= 15 is 0 Å². The number of benzene rings is 2. The number of amides is 1. The molecule has 1 amide bonds. The molecule has 3 N–H and O–H groups in total. The Balaban J connectivity index is 1.51. The predicted octanol–water partition coefficient (Wildman–Crippen LogP) is 3.28. The summed E-state index contributed by atoms with van der Waals surface area (Å²) >= 11 is 0. The Hall–Kier alpha value is -4.29. The van der Waals surface area contributed by atoms with E-state index in [4.69, 9.17) is 9.97 Å². The molecule has 1 aliphatic heterocycles. The van der Waals surface area contributed by atoms with Gasteiger partial charge in [-0.15, -0.1) is 0 Å². The standard InChI is InChI=1S/C26H28N8O3S/c1-4-24(35)27-19-7-5-18(6-8-19)25-28-22-16-20(33-11-13-34(14-12-33)38(3,36)37)9-10-21(22)26(30-25)29-23-15-17(2)31-32-23/h4-10,15-16H,1,11-14H2,2-3H3,(H,27,35)(H2,28,29,30,31,32). The first-order valence-electron chi connectivity index (χ1n) is 12.0.